The summed E-state index contributed by atoms with van der Waals surface area (Å²) >= 11 is 0. The van der Waals surface area contributed by atoms with Gasteiger partial charge in [0.25, 0.3) is 0 Å². The van der Waals surface area contributed by atoms with Crippen molar-refractivity contribution in [2.24, 2.45) is 12.0 Å². The van der Waals surface area contributed by atoms with E-state index in [0.717, 1.165) is 24.6 Å². The fraction of sp³-hybridized carbons (Fsp3) is 0.450. The first-order chi connectivity index (χ1) is 13.0. The number of benzene rings is 1. The van der Waals surface area contributed by atoms with Gasteiger partial charge in [0, 0.05) is 44.7 Å². The van der Waals surface area contributed by atoms with Gasteiger partial charge < -0.3 is 29.0 Å². The maximum absolute atomic E-state index is 5.52. The number of ether oxygens (including phenoxy) is 3. The molecule has 0 unspecified atom stereocenters. The van der Waals surface area contributed by atoms with Gasteiger partial charge in [0.2, 0.25) is 0 Å². The predicted octanol–water partition coefficient (Wildman–Crippen LogP) is 3.27. The van der Waals surface area contributed by atoms with Crippen LogP contribution in [0, 0.1) is 0 Å². The Bertz CT molecular complexity index is 752. The summed E-state index contributed by atoms with van der Waals surface area (Å²) in [6, 6.07) is 7.83. The zero-order valence-corrected chi connectivity index (χ0v) is 19.8. The third kappa shape index (κ3) is 5.95. The number of nitrogens with one attached hydrogen (secondary N) is 1. The number of aryl methyl sites for hydroxylation is 1. The Hall–Kier alpha value is -2.10. The molecule has 0 saturated carbocycles. The molecule has 156 valence electrons. The Kier molecular flexibility index (Phi) is 9.98. The molecular formula is C20H31IN4O3. The fourth-order valence-corrected chi connectivity index (χ4v) is 2.84. The molecule has 2 rings (SSSR count). The van der Waals surface area contributed by atoms with Crippen LogP contribution >= 0.6 is 24.0 Å². The minimum Gasteiger partial charge on any atom is -0.496 e. The maximum Gasteiger partial charge on any atom is 0.194 e. The van der Waals surface area contributed by atoms with Gasteiger partial charge in [-0.3, -0.25) is 0 Å². The summed E-state index contributed by atoms with van der Waals surface area (Å²) in [6.07, 6.45) is 2.04. The average Bonchev–Trinajstić information content (AvgIpc) is 3.08. The third-order valence-electron chi connectivity index (χ3n) is 4.35. The van der Waals surface area contributed by atoms with E-state index in [2.05, 4.69) is 27.8 Å². The Balaban J connectivity index is 0.00000392. The Morgan fingerprint density at radius 3 is 2.25 bits per heavy atom. The van der Waals surface area contributed by atoms with Crippen molar-refractivity contribution in [3.63, 3.8) is 0 Å². The highest BCUT2D eigenvalue weighted by molar-refractivity contribution is 14.0. The normalized spacial score (nSPS) is 10.9. The van der Waals surface area contributed by atoms with Crippen LogP contribution in [0.2, 0.25) is 0 Å². The SMILES string of the molecule is CCNC(=NCc1c(OC)cc(OC)cc1OC)N(C)Cc1cccn1C.I. The van der Waals surface area contributed by atoms with Crippen molar-refractivity contribution in [1.82, 2.24) is 14.8 Å². The summed E-state index contributed by atoms with van der Waals surface area (Å²) in [5.74, 6) is 2.88. The Morgan fingerprint density at radius 2 is 1.79 bits per heavy atom. The Labute approximate surface area is 184 Å². The van der Waals surface area contributed by atoms with Crippen molar-refractivity contribution in [3.8, 4) is 17.2 Å². The predicted molar refractivity (Wildman–Crippen MR) is 123 cm³/mol. The minimum absolute atomic E-state index is 0. The van der Waals surface area contributed by atoms with Gasteiger partial charge in [-0.05, 0) is 19.1 Å². The highest BCUT2D eigenvalue weighted by Gasteiger charge is 2.14. The second-order valence-corrected chi connectivity index (χ2v) is 6.15. The van der Waals surface area contributed by atoms with Crippen LogP contribution in [-0.4, -0.2) is 50.3 Å². The van der Waals surface area contributed by atoms with Crippen molar-refractivity contribution in [2.45, 2.75) is 20.0 Å². The van der Waals surface area contributed by atoms with E-state index in [1.807, 2.05) is 38.5 Å². The molecule has 8 heteroatoms. The number of guanidine groups is 1. The lowest BCUT2D eigenvalue weighted by Crippen LogP contribution is -2.38. The van der Waals surface area contributed by atoms with Crippen molar-refractivity contribution >= 4 is 29.9 Å². The quantitative estimate of drug-likeness (QED) is 0.341. The minimum atomic E-state index is 0. The summed E-state index contributed by atoms with van der Waals surface area (Å²) in [5.41, 5.74) is 2.09. The summed E-state index contributed by atoms with van der Waals surface area (Å²) in [5, 5.41) is 3.34. The molecule has 0 fully saturated rings. The first-order valence-corrected chi connectivity index (χ1v) is 8.92. The van der Waals surface area contributed by atoms with Crippen LogP contribution in [0.25, 0.3) is 0 Å². The first-order valence-electron chi connectivity index (χ1n) is 8.92. The van der Waals surface area contributed by atoms with E-state index in [1.165, 1.54) is 5.69 Å². The van der Waals surface area contributed by atoms with Gasteiger partial charge >= 0.3 is 0 Å². The molecule has 0 atom stereocenters. The number of halogens is 1. The molecule has 0 spiro atoms. The van der Waals surface area contributed by atoms with Crippen LogP contribution < -0.4 is 19.5 Å². The molecule has 0 aliphatic rings. The zero-order valence-electron chi connectivity index (χ0n) is 17.5. The summed E-state index contributed by atoms with van der Waals surface area (Å²) in [7, 11) is 8.95. The molecule has 0 aliphatic carbocycles. The third-order valence-corrected chi connectivity index (χ3v) is 4.35. The van der Waals surface area contributed by atoms with Gasteiger partial charge in [-0.1, -0.05) is 0 Å². The van der Waals surface area contributed by atoms with Crippen LogP contribution in [0.15, 0.2) is 35.5 Å². The lowest BCUT2D eigenvalue weighted by Gasteiger charge is -2.23. The number of nitrogens with zero attached hydrogens (tertiary/aromatic N) is 3. The molecule has 28 heavy (non-hydrogen) atoms. The summed E-state index contributed by atoms with van der Waals surface area (Å²) < 4.78 is 18.4. The lowest BCUT2D eigenvalue weighted by molar-refractivity contribution is 0.368. The zero-order chi connectivity index (χ0) is 19.8. The lowest BCUT2D eigenvalue weighted by atomic mass is 10.1. The number of rotatable bonds is 8. The molecule has 1 N–H and O–H groups in total. The molecule has 1 aromatic heterocycles. The number of hydrogen-bond acceptors (Lipinski definition) is 4. The molecule has 7 nitrogen and oxygen atoms in total. The van der Waals surface area contributed by atoms with Crippen molar-refractivity contribution in [2.75, 3.05) is 34.9 Å². The van der Waals surface area contributed by atoms with Gasteiger partial charge in [-0.15, -0.1) is 24.0 Å². The van der Waals surface area contributed by atoms with Gasteiger partial charge in [0.05, 0.1) is 40.0 Å². The molecule has 1 aromatic carbocycles. The molecule has 2 aromatic rings. The van der Waals surface area contributed by atoms with Gasteiger partial charge in [0.15, 0.2) is 5.96 Å². The van der Waals surface area contributed by atoms with Crippen molar-refractivity contribution < 1.29 is 14.2 Å². The van der Waals surface area contributed by atoms with Crippen LogP contribution in [0.4, 0.5) is 0 Å². The highest BCUT2D eigenvalue weighted by Crippen LogP contribution is 2.34. The van der Waals surface area contributed by atoms with Crippen molar-refractivity contribution in [3.05, 3.63) is 41.7 Å². The fourth-order valence-electron chi connectivity index (χ4n) is 2.84. The van der Waals surface area contributed by atoms with Crippen LogP contribution in [-0.2, 0) is 20.1 Å². The maximum atomic E-state index is 5.52. The summed E-state index contributed by atoms with van der Waals surface area (Å²) in [6.45, 7) is 4.02. The van der Waals surface area contributed by atoms with E-state index in [0.29, 0.717) is 23.8 Å². The number of methoxy groups -OCH3 is 3. The topological polar surface area (TPSA) is 60.3 Å². The van der Waals surface area contributed by atoms with Gasteiger partial charge in [0.1, 0.15) is 17.2 Å². The van der Waals surface area contributed by atoms with E-state index in [4.69, 9.17) is 19.2 Å². The van der Waals surface area contributed by atoms with Crippen LogP contribution in [0.1, 0.15) is 18.2 Å². The standard InChI is InChI=1S/C20H30N4O3.HI/c1-7-21-20(24(3)14-15-9-8-10-23(15)2)22-13-17-18(26-5)11-16(25-4)12-19(17)27-6;/h8-12H,7,13-14H2,1-6H3,(H,21,22);1H. The van der Waals surface area contributed by atoms with E-state index in [1.54, 1.807) is 21.3 Å². The molecule has 0 bridgehead atoms. The smallest absolute Gasteiger partial charge is 0.194 e. The number of aliphatic imine (C=N–C) groups is 1. The number of hydrogen-bond donors (Lipinski definition) is 1. The molecule has 0 radical (unpaired) electrons. The second kappa shape index (κ2) is 11.7. The van der Waals surface area contributed by atoms with Crippen LogP contribution in [0.3, 0.4) is 0 Å². The van der Waals surface area contributed by atoms with Gasteiger partial charge in [-0.25, -0.2) is 4.99 Å². The van der Waals surface area contributed by atoms with E-state index >= 15 is 0 Å². The Morgan fingerprint density at radius 1 is 1.14 bits per heavy atom. The molecule has 0 saturated heterocycles. The summed E-state index contributed by atoms with van der Waals surface area (Å²) in [4.78, 5) is 6.89. The molecular weight excluding hydrogens is 471 g/mol. The highest BCUT2D eigenvalue weighted by atomic mass is 127. The van der Waals surface area contributed by atoms with Crippen molar-refractivity contribution in [1.29, 1.82) is 0 Å². The van der Waals surface area contributed by atoms with E-state index in [9.17, 15) is 0 Å². The van der Waals surface area contributed by atoms with E-state index < -0.39 is 0 Å². The molecule has 1 heterocycles. The van der Waals surface area contributed by atoms with Gasteiger partial charge in [-0.2, -0.15) is 0 Å². The number of aromatic nitrogens is 1. The second-order valence-electron chi connectivity index (χ2n) is 6.15. The first kappa shape index (κ1) is 23.9. The molecule has 0 amide bonds. The molecule has 0 aliphatic heterocycles. The van der Waals surface area contributed by atoms with Crippen LogP contribution in [0.5, 0.6) is 17.2 Å². The van der Waals surface area contributed by atoms with E-state index in [-0.39, 0.29) is 24.0 Å². The average molecular weight is 502 g/mol. The monoisotopic (exact) mass is 502 g/mol. The largest absolute Gasteiger partial charge is 0.496 e.